The van der Waals surface area contributed by atoms with Gasteiger partial charge in [0, 0.05) is 24.4 Å². The number of rotatable bonds is 4. The van der Waals surface area contributed by atoms with Gasteiger partial charge in [-0.15, -0.1) is 0 Å². The van der Waals surface area contributed by atoms with E-state index in [0.717, 1.165) is 24.1 Å². The van der Waals surface area contributed by atoms with Crippen LogP contribution in [-0.4, -0.2) is 21.6 Å². The summed E-state index contributed by atoms with van der Waals surface area (Å²) in [6.45, 7) is 0. The highest BCUT2D eigenvalue weighted by Gasteiger charge is 2.24. The summed E-state index contributed by atoms with van der Waals surface area (Å²) in [5, 5.41) is 19.7. The number of hydrogen-bond acceptors (Lipinski definition) is 5. The van der Waals surface area contributed by atoms with Gasteiger partial charge in [0.05, 0.1) is 17.8 Å². The molecule has 0 spiro atoms. The molecule has 0 aliphatic heterocycles. The third-order valence-corrected chi connectivity index (χ3v) is 4.60. The second-order valence-electron chi connectivity index (χ2n) is 6.21. The SMILES string of the molecule is CNc1cc(Nc2cc(F)cc(C#N)c2)n2ncc(C3CCC3)c2n1. The number of nitriles is 1. The number of nitrogens with one attached hydrogen (secondary N) is 2. The summed E-state index contributed by atoms with van der Waals surface area (Å²) in [5.41, 5.74) is 2.70. The van der Waals surface area contributed by atoms with E-state index in [0.29, 0.717) is 23.2 Å². The third-order valence-electron chi connectivity index (χ3n) is 4.60. The van der Waals surface area contributed by atoms with Crippen LogP contribution in [0.1, 0.15) is 36.3 Å². The minimum absolute atomic E-state index is 0.261. The van der Waals surface area contributed by atoms with Gasteiger partial charge in [-0.25, -0.2) is 9.37 Å². The number of nitrogens with zero attached hydrogens (tertiary/aromatic N) is 4. The van der Waals surface area contributed by atoms with Gasteiger partial charge in [0.2, 0.25) is 0 Å². The number of fused-ring (bicyclic) bond motifs is 1. The molecule has 1 aliphatic rings. The first-order chi connectivity index (χ1) is 12.2. The predicted molar refractivity (Wildman–Crippen MR) is 93.5 cm³/mol. The van der Waals surface area contributed by atoms with Gasteiger partial charge in [-0.3, -0.25) is 0 Å². The molecule has 4 rings (SSSR count). The van der Waals surface area contributed by atoms with Crippen molar-refractivity contribution in [2.24, 2.45) is 0 Å². The lowest BCUT2D eigenvalue weighted by Crippen LogP contribution is -2.10. The van der Waals surface area contributed by atoms with E-state index in [2.05, 4.69) is 20.7 Å². The maximum Gasteiger partial charge on any atom is 0.163 e. The summed E-state index contributed by atoms with van der Waals surface area (Å²) >= 11 is 0. The molecule has 1 saturated carbocycles. The van der Waals surface area contributed by atoms with Crippen molar-refractivity contribution in [2.45, 2.75) is 25.2 Å². The number of aromatic nitrogens is 3. The highest BCUT2D eigenvalue weighted by molar-refractivity contribution is 5.66. The van der Waals surface area contributed by atoms with Crippen molar-refractivity contribution in [3.8, 4) is 6.07 Å². The van der Waals surface area contributed by atoms with Gasteiger partial charge >= 0.3 is 0 Å². The zero-order valence-corrected chi connectivity index (χ0v) is 13.8. The minimum atomic E-state index is -0.462. The van der Waals surface area contributed by atoms with Crippen LogP contribution in [0.25, 0.3) is 5.65 Å². The quantitative estimate of drug-likeness (QED) is 0.758. The van der Waals surface area contributed by atoms with E-state index in [1.807, 2.05) is 18.3 Å². The fourth-order valence-corrected chi connectivity index (χ4v) is 3.08. The lowest BCUT2D eigenvalue weighted by Gasteiger charge is -2.24. The maximum absolute atomic E-state index is 13.7. The second-order valence-corrected chi connectivity index (χ2v) is 6.21. The molecular formula is C18H17FN6. The lowest BCUT2D eigenvalue weighted by molar-refractivity contribution is 0.421. The first kappa shape index (κ1) is 15.4. The van der Waals surface area contributed by atoms with Crippen LogP contribution >= 0.6 is 0 Å². The van der Waals surface area contributed by atoms with Gasteiger partial charge < -0.3 is 10.6 Å². The smallest absolute Gasteiger partial charge is 0.163 e. The van der Waals surface area contributed by atoms with Gasteiger partial charge in [-0.2, -0.15) is 14.9 Å². The van der Waals surface area contributed by atoms with Crippen LogP contribution in [0.4, 0.5) is 21.7 Å². The molecule has 0 bridgehead atoms. The molecule has 2 N–H and O–H groups in total. The van der Waals surface area contributed by atoms with Gasteiger partial charge in [0.15, 0.2) is 5.65 Å². The predicted octanol–water partition coefficient (Wildman–Crippen LogP) is 3.79. The van der Waals surface area contributed by atoms with Crippen LogP contribution in [0.5, 0.6) is 0 Å². The Bertz CT molecular complexity index is 983. The van der Waals surface area contributed by atoms with Crippen molar-refractivity contribution in [1.29, 1.82) is 5.26 Å². The molecule has 7 heteroatoms. The van der Waals surface area contributed by atoms with Crippen LogP contribution in [0.3, 0.4) is 0 Å². The Labute approximate surface area is 144 Å². The average Bonchev–Trinajstić information content (AvgIpc) is 2.96. The molecule has 0 amide bonds. The number of benzene rings is 1. The summed E-state index contributed by atoms with van der Waals surface area (Å²) in [6, 6.07) is 7.92. The molecule has 2 aromatic heterocycles. The van der Waals surface area contributed by atoms with Gasteiger partial charge in [-0.1, -0.05) is 6.42 Å². The molecule has 3 aromatic rings. The zero-order chi connectivity index (χ0) is 17.4. The molecular weight excluding hydrogens is 319 g/mol. The Morgan fingerprint density at radius 1 is 1.28 bits per heavy atom. The summed E-state index contributed by atoms with van der Waals surface area (Å²) < 4.78 is 15.4. The van der Waals surface area contributed by atoms with Crippen molar-refractivity contribution in [1.82, 2.24) is 14.6 Å². The van der Waals surface area contributed by atoms with E-state index in [1.54, 1.807) is 17.6 Å². The van der Waals surface area contributed by atoms with E-state index in [-0.39, 0.29) is 5.56 Å². The van der Waals surface area contributed by atoms with Gasteiger partial charge in [0.1, 0.15) is 17.5 Å². The number of hydrogen-bond donors (Lipinski definition) is 2. The fourth-order valence-electron chi connectivity index (χ4n) is 3.08. The topological polar surface area (TPSA) is 78.0 Å². The van der Waals surface area contributed by atoms with E-state index >= 15 is 0 Å². The molecule has 0 saturated heterocycles. The van der Waals surface area contributed by atoms with Crippen molar-refractivity contribution in [3.05, 3.63) is 47.4 Å². The molecule has 1 aromatic carbocycles. The van der Waals surface area contributed by atoms with E-state index in [4.69, 9.17) is 5.26 Å². The van der Waals surface area contributed by atoms with Crippen molar-refractivity contribution >= 4 is 23.0 Å². The molecule has 6 nitrogen and oxygen atoms in total. The summed E-state index contributed by atoms with van der Waals surface area (Å²) in [6.07, 6.45) is 5.41. The minimum Gasteiger partial charge on any atom is -0.373 e. The summed E-state index contributed by atoms with van der Waals surface area (Å²) in [4.78, 5) is 4.63. The summed E-state index contributed by atoms with van der Waals surface area (Å²) in [5.74, 6) is 1.41. The molecule has 0 atom stereocenters. The molecule has 1 aliphatic carbocycles. The first-order valence-corrected chi connectivity index (χ1v) is 8.22. The largest absolute Gasteiger partial charge is 0.373 e. The van der Waals surface area contributed by atoms with Crippen molar-refractivity contribution in [2.75, 3.05) is 17.7 Å². The molecule has 0 radical (unpaired) electrons. The van der Waals surface area contributed by atoms with Gasteiger partial charge in [0.25, 0.3) is 0 Å². The fraction of sp³-hybridized carbons (Fsp3) is 0.278. The van der Waals surface area contributed by atoms with Crippen molar-refractivity contribution in [3.63, 3.8) is 0 Å². The molecule has 126 valence electrons. The Morgan fingerprint density at radius 2 is 2.12 bits per heavy atom. The Morgan fingerprint density at radius 3 is 2.80 bits per heavy atom. The van der Waals surface area contributed by atoms with Crippen LogP contribution in [0.15, 0.2) is 30.5 Å². The van der Waals surface area contributed by atoms with E-state index < -0.39 is 5.82 Å². The van der Waals surface area contributed by atoms with Crippen LogP contribution in [0, 0.1) is 17.1 Å². The lowest BCUT2D eigenvalue weighted by atomic mass is 9.81. The van der Waals surface area contributed by atoms with Crippen molar-refractivity contribution < 1.29 is 4.39 Å². The third kappa shape index (κ3) is 2.76. The first-order valence-electron chi connectivity index (χ1n) is 8.22. The average molecular weight is 336 g/mol. The monoisotopic (exact) mass is 336 g/mol. The highest BCUT2D eigenvalue weighted by atomic mass is 19.1. The van der Waals surface area contributed by atoms with Crippen LogP contribution in [-0.2, 0) is 0 Å². The maximum atomic E-state index is 13.7. The van der Waals surface area contributed by atoms with E-state index in [9.17, 15) is 4.39 Å². The summed E-state index contributed by atoms with van der Waals surface area (Å²) in [7, 11) is 1.80. The Kier molecular flexibility index (Phi) is 3.73. The standard InChI is InChI=1S/C18H17FN6/c1-21-16-8-17(23-14-6-11(9-20)5-13(19)7-14)25-18(24-16)15(10-22-25)12-3-2-4-12/h5-8,10,12,23H,2-4H2,1H3,(H,21,24). The van der Waals surface area contributed by atoms with E-state index in [1.165, 1.54) is 18.6 Å². The second kappa shape index (κ2) is 6.06. The molecule has 1 fully saturated rings. The molecule has 0 unspecified atom stereocenters. The number of anilines is 3. The Hall–Kier alpha value is -3.14. The normalized spacial score (nSPS) is 14.1. The van der Waals surface area contributed by atoms with Crippen LogP contribution in [0.2, 0.25) is 0 Å². The molecule has 2 heterocycles. The zero-order valence-electron chi connectivity index (χ0n) is 13.8. The van der Waals surface area contributed by atoms with Gasteiger partial charge in [-0.05, 0) is 37.0 Å². The highest BCUT2D eigenvalue weighted by Crippen LogP contribution is 2.38. The van der Waals surface area contributed by atoms with Crippen LogP contribution < -0.4 is 10.6 Å². The molecule has 25 heavy (non-hydrogen) atoms. The Balaban J connectivity index is 1.80. The number of halogens is 1.